The summed E-state index contributed by atoms with van der Waals surface area (Å²) in [5, 5.41) is 3.45. The van der Waals surface area contributed by atoms with E-state index in [1.807, 2.05) is 13.1 Å². The smallest absolute Gasteiger partial charge is 0.213 e. The Balaban J connectivity index is 1.78. The average molecular weight is 286 g/mol. The fourth-order valence-electron chi connectivity index (χ4n) is 2.34. The number of hydrogen-bond donors (Lipinski definition) is 2. The molecule has 1 aromatic rings. The lowest BCUT2D eigenvalue weighted by atomic mass is 10.1. The molecule has 1 aliphatic rings. The van der Waals surface area contributed by atoms with E-state index >= 15 is 0 Å². The number of rotatable bonds is 5. The summed E-state index contributed by atoms with van der Waals surface area (Å²) < 4.78 is 25.1. The van der Waals surface area contributed by atoms with Gasteiger partial charge < -0.3 is 10.3 Å². The molecule has 0 amide bonds. The lowest BCUT2D eigenvalue weighted by Gasteiger charge is -2.31. The molecule has 19 heavy (non-hydrogen) atoms. The van der Waals surface area contributed by atoms with Crippen LogP contribution >= 0.6 is 0 Å². The zero-order valence-electron chi connectivity index (χ0n) is 11.5. The van der Waals surface area contributed by atoms with E-state index in [0.717, 1.165) is 30.9 Å². The van der Waals surface area contributed by atoms with Crippen LogP contribution in [0.2, 0.25) is 0 Å². The number of piperidine rings is 1. The fraction of sp³-hybridized carbons (Fsp3) is 0.750. The Morgan fingerprint density at radius 3 is 2.68 bits per heavy atom. The number of H-pyrrole nitrogens is 1. The van der Waals surface area contributed by atoms with Crippen molar-refractivity contribution in [3.63, 3.8) is 0 Å². The largest absolute Gasteiger partial charge is 0.345 e. The molecule has 0 spiro atoms. The van der Waals surface area contributed by atoms with Gasteiger partial charge >= 0.3 is 0 Å². The van der Waals surface area contributed by atoms with Crippen molar-refractivity contribution in [1.29, 1.82) is 0 Å². The van der Waals surface area contributed by atoms with Crippen molar-refractivity contribution < 1.29 is 8.42 Å². The Morgan fingerprint density at radius 1 is 1.47 bits per heavy atom. The van der Waals surface area contributed by atoms with Gasteiger partial charge in [-0.3, -0.25) is 0 Å². The summed E-state index contributed by atoms with van der Waals surface area (Å²) in [7, 11) is -3.02. The first-order valence-electron chi connectivity index (χ1n) is 6.73. The quantitative estimate of drug-likeness (QED) is 0.832. The van der Waals surface area contributed by atoms with E-state index in [9.17, 15) is 8.42 Å². The molecule has 2 heterocycles. The molecule has 0 bridgehead atoms. The highest BCUT2D eigenvalue weighted by Gasteiger charge is 2.26. The lowest BCUT2D eigenvalue weighted by Crippen LogP contribution is -2.45. The summed E-state index contributed by atoms with van der Waals surface area (Å²) in [6, 6.07) is 0.381. The van der Waals surface area contributed by atoms with Gasteiger partial charge in [0.05, 0.1) is 5.75 Å². The van der Waals surface area contributed by atoms with E-state index in [-0.39, 0.29) is 5.75 Å². The predicted octanol–water partition coefficient (Wildman–Crippen LogP) is 0.622. The van der Waals surface area contributed by atoms with Crippen molar-refractivity contribution in [3.05, 3.63) is 17.7 Å². The van der Waals surface area contributed by atoms with Crippen LogP contribution in [0, 0.1) is 6.92 Å². The molecule has 0 aliphatic carbocycles. The summed E-state index contributed by atoms with van der Waals surface area (Å²) in [4.78, 5) is 7.33. The van der Waals surface area contributed by atoms with Gasteiger partial charge in [0.2, 0.25) is 10.0 Å². The first kappa shape index (κ1) is 14.5. The van der Waals surface area contributed by atoms with Crippen LogP contribution in [0.4, 0.5) is 0 Å². The van der Waals surface area contributed by atoms with E-state index in [1.54, 1.807) is 11.2 Å². The maximum absolute atomic E-state index is 11.7. The second-order valence-electron chi connectivity index (χ2n) is 4.95. The molecule has 2 rings (SSSR count). The number of nitrogens with zero attached hydrogens (tertiary/aromatic N) is 2. The van der Waals surface area contributed by atoms with E-state index in [0.29, 0.717) is 19.1 Å². The summed E-state index contributed by atoms with van der Waals surface area (Å²) in [5.41, 5.74) is 1.07. The first-order chi connectivity index (χ1) is 9.01. The third-order valence-electron chi connectivity index (χ3n) is 3.55. The normalized spacial score (nSPS) is 18.8. The zero-order valence-corrected chi connectivity index (χ0v) is 12.3. The van der Waals surface area contributed by atoms with Gasteiger partial charge in [-0.25, -0.2) is 17.7 Å². The Morgan fingerprint density at radius 2 is 2.16 bits per heavy atom. The van der Waals surface area contributed by atoms with Gasteiger partial charge in [-0.2, -0.15) is 0 Å². The summed E-state index contributed by atoms with van der Waals surface area (Å²) in [6.45, 7) is 5.62. The van der Waals surface area contributed by atoms with Gasteiger partial charge in [0, 0.05) is 37.6 Å². The summed E-state index contributed by atoms with van der Waals surface area (Å²) >= 11 is 0. The second-order valence-corrected chi connectivity index (χ2v) is 7.21. The number of aromatic amines is 1. The van der Waals surface area contributed by atoms with E-state index in [4.69, 9.17) is 0 Å². The minimum atomic E-state index is -3.02. The number of sulfonamides is 1. The maximum atomic E-state index is 11.7. The maximum Gasteiger partial charge on any atom is 0.213 e. The van der Waals surface area contributed by atoms with E-state index in [1.165, 1.54) is 0 Å². The molecule has 1 saturated heterocycles. The van der Waals surface area contributed by atoms with Gasteiger partial charge in [0.15, 0.2) is 0 Å². The number of aryl methyl sites for hydroxylation is 1. The average Bonchev–Trinajstić information content (AvgIpc) is 2.83. The highest BCUT2D eigenvalue weighted by Crippen LogP contribution is 2.14. The van der Waals surface area contributed by atoms with Crippen LogP contribution in [0.3, 0.4) is 0 Å². The van der Waals surface area contributed by atoms with Gasteiger partial charge in [-0.1, -0.05) is 0 Å². The number of aromatic nitrogens is 2. The predicted molar refractivity (Wildman–Crippen MR) is 74.2 cm³/mol. The van der Waals surface area contributed by atoms with Gasteiger partial charge in [0.1, 0.15) is 5.82 Å². The van der Waals surface area contributed by atoms with Crippen LogP contribution in [-0.2, 0) is 16.6 Å². The second kappa shape index (κ2) is 6.02. The highest BCUT2D eigenvalue weighted by molar-refractivity contribution is 7.89. The SMILES string of the molecule is CCS(=O)(=O)N1CCC(NCc2cnc(C)[nH]2)CC1. The third-order valence-corrected chi connectivity index (χ3v) is 5.43. The molecular formula is C12H22N4O2S. The topological polar surface area (TPSA) is 78.1 Å². The Hall–Kier alpha value is -0.920. The number of hydrogen-bond acceptors (Lipinski definition) is 4. The van der Waals surface area contributed by atoms with Crippen molar-refractivity contribution in [2.75, 3.05) is 18.8 Å². The van der Waals surface area contributed by atoms with Crippen LogP contribution in [-0.4, -0.2) is 47.6 Å². The van der Waals surface area contributed by atoms with Gasteiger partial charge in [-0.05, 0) is 26.7 Å². The standard InChI is InChI=1S/C12H22N4O2S/c1-3-19(17,18)16-6-4-11(5-7-16)14-9-12-8-13-10(2)15-12/h8,11,14H,3-7,9H2,1-2H3,(H,13,15). The van der Waals surface area contributed by atoms with Crippen LogP contribution in [0.25, 0.3) is 0 Å². The van der Waals surface area contributed by atoms with E-state index in [2.05, 4.69) is 15.3 Å². The van der Waals surface area contributed by atoms with E-state index < -0.39 is 10.0 Å². The molecule has 1 aromatic heterocycles. The van der Waals surface area contributed by atoms with Gasteiger partial charge in [0.25, 0.3) is 0 Å². The number of nitrogens with one attached hydrogen (secondary N) is 2. The Labute approximate surface area is 114 Å². The molecule has 0 aromatic carbocycles. The van der Waals surface area contributed by atoms with Crippen molar-refractivity contribution in [3.8, 4) is 0 Å². The van der Waals surface area contributed by atoms with Crippen LogP contribution in [0.1, 0.15) is 31.3 Å². The minimum absolute atomic E-state index is 0.193. The van der Waals surface area contributed by atoms with Crippen LogP contribution < -0.4 is 5.32 Å². The molecule has 0 saturated carbocycles. The van der Waals surface area contributed by atoms with Crippen molar-refractivity contribution in [2.45, 2.75) is 39.3 Å². The molecular weight excluding hydrogens is 264 g/mol. The van der Waals surface area contributed by atoms with Crippen molar-refractivity contribution >= 4 is 10.0 Å². The Bertz CT molecular complexity index is 504. The molecule has 1 aliphatic heterocycles. The Kier molecular flexibility index (Phi) is 4.59. The summed E-state index contributed by atoms with van der Waals surface area (Å²) in [5.74, 6) is 1.11. The lowest BCUT2D eigenvalue weighted by molar-refractivity contribution is 0.288. The van der Waals surface area contributed by atoms with Crippen LogP contribution in [0.15, 0.2) is 6.20 Å². The third kappa shape index (κ3) is 3.77. The molecule has 108 valence electrons. The molecule has 2 N–H and O–H groups in total. The molecule has 7 heteroatoms. The zero-order chi connectivity index (χ0) is 13.9. The summed E-state index contributed by atoms with van der Waals surface area (Å²) in [6.07, 6.45) is 3.57. The number of imidazole rings is 1. The molecule has 0 radical (unpaired) electrons. The fourth-order valence-corrected chi connectivity index (χ4v) is 3.47. The monoisotopic (exact) mass is 286 g/mol. The molecule has 0 atom stereocenters. The minimum Gasteiger partial charge on any atom is -0.345 e. The van der Waals surface area contributed by atoms with Gasteiger partial charge in [-0.15, -0.1) is 0 Å². The van der Waals surface area contributed by atoms with Crippen molar-refractivity contribution in [2.24, 2.45) is 0 Å². The molecule has 6 nitrogen and oxygen atoms in total. The molecule has 1 fully saturated rings. The molecule has 0 unspecified atom stereocenters. The first-order valence-corrected chi connectivity index (χ1v) is 8.34. The highest BCUT2D eigenvalue weighted by atomic mass is 32.2. The van der Waals surface area contributed by atoms with Crippen molar-refractivity contribution in [1.82, 2.24) is 19.6 Å². The van der Waals surface area contributed by atoms with Crippen LogP contribution in [0.5, 0.6) is 0 Å².